The molecule has 1 amide bonds. The van der Waals surface area contributed by atoms with Gasteiger partial charge in [-0.05, 0) is 42.7 Å². The highest BCUT2D eigenvalue weighted by molar-refractivity contribution is 6.31. The topological polar surface area (TPSA) is 38.8 Å². The van der Waals surface area contributed by atoms with Gasteiger partial charge in [0.25, 0.3) is 5.91 Å². The average Bonchev–Trinajstić information content (AvgIpc) is 3.10. The van der Waals surface area contributed by atoms with Crippen molar-refractivity contribution in [3.05, 3.63) is 58.6 Å². The number of hydrogen-bond donors (Lipinski definition) is 0. The molecule has 0 unspecified atom stereocenters. The summed E-state index contributed by atoms with van der Waals surface area (Å²) in [6.07, 6.45) is 1.89. The van der Waals surface area contributed by atoms with Gasteiger partial charge in [0.15, 0.2) is 11.5 Å². The first kappa shape index (κ1) is 16.7. The Kier molecular flexibility index (Phi) is 4.95. The van der Waals surface area contributed by atoms with Gasteiger partial charge in [-0.25, -0.2) is 0 Å². The Morgan fingerprint density at radius 1 is 1.12 bits per heavy atom. The number of halogens is 1. The van der Waals surface area contributed by atoms with Gasteiger partial charge < -0.3 is 14.4 Å². The molecule has 0 saturated carbocycles. The van der Waals surface area contributed by atoms with E-state index in [0.29, 0.717) is 22.1 Å². The molecule has 0 spiro atoms. The van der Waals surface area contributed by atoms with Gasteiger partial charge in [0.05, 0.1) is 20.3 Å². The summed E-state index contributed by atoms with van der Waals surface area (Å²) in [5, 5.41) is 0.703. The molecule has 2 aromatic carbocycles. The molecular weight excluding hydrogens is 326 g/mol. The number of amides is 1. The van der Waals surface area contributed by atoms with Gasteiger partial charge in [0.2, 0.25) is 0 Å². The summed E-state index contributed by atoms with van der Waals surface area (Å²) in [7, 11) is 3.14. The van der Waals surface area contributed by atoms with Crippen LogP contribution in [0.2, 0.25) is 5.02 Å². The first-order chi connectivity index (χ1) is 11.7. The molecule has 0 bridgehead atoms. The van der Waals surface area contributed by atoms with E-state index in [9.17, 15) is 4.79 Å². The molecular formula is C19H20ClNO3. The fraction of sp³-hybridized carbons (Fsp3) is 0.316. The molecule has 1 aliphatic heterocycles. The summed E-state index contributed by atoms with van der Waals surface area (Å²) >= 11 is 6.33. The van der Waals surface area contributed by atoms with Crippen molar-refractivity contribution in [2.45, 2.75) is 18.9 Å². The van der Waals surface area contributed by atoms with Gasteiger partial charge in [0, 0.05) is 17.1 Å². The maximum absolute atomic E-state index is 13.0. The van der Waals surface area contributed by atoms with Crippen molar-refractivity contribution < 1.29 is 14.3 Å². The van der Waals surface area contributed by atoms with Gasteiger partial charge >= 0.3 is 0 Å². The van der Waals surface area contributed by atoms with E-state index in [2.05, 4.69) is 0 Å². The Bertz CT molecular complexity index is 747. The molecule has 3 rings (SSSR count). The fourth-order valence-corrected chi connectivity index (χ4v) is 3.48. The lowest BCUT2D eigenvalue weighted by atomic mass is 10.0. The van der Waals surface area contributed by atoms with Crippen molar-refractivity contribution in [2.75, 3.05) is 20.8 Å². The van der Waals surface area contributed by atoms with Gasteiger partial charge in [0.1, 0.15) is 0 Å². The maximum atomic E-state index is 13.0. The molecule has 0 radical (unpaired) electrons. The molecule has 1 atom stereocenters. The van der Waals surface area contributed by atoms with Crippen LogP contribution in [0.15, 0.2) is 42.5 Å². The minimum atomic E-state index is -0.0154. The Labute approximate surface area is 146 Å². The summed E-state index contributed by atoms with van der Waals surface area (Å²) < 4.78 is 10.5. The highest BCUT2D eigenvalue weighted by Crippen LogP contribution is 2.37. The number of methoxy groups -OCH3 is 2. The average molecular weight is 346 g/mol. The first-order valence-electron chi connectivity index (χ1n) is 7.93. The van der Waals surface area contributed by atoms with Gasteiger partial charge in [-0.3, -0.25) is 4.79 Å². The molecule has 0 N–H and O–H groups in total. The molecule has 0 aromatic heterocycles. The van der Waals surface area contributed by atoms with E-state index >= 15 is 0 Å². The van der Waals surface area contributed by atoms with E-state index < -0.39 is 0 Å². The lowest BCUT2D eigenvalue weighted by Crippen LogP contribution is -2.30. The van der Waals surface area contributed by atoms with Crippen molar-refractivity contribution in [1.29, 1.82) is 0 Å². The Morgan fingerprint density at radius 3 is 2.58 bits per heavy atom. The van der Waals surface area contributed by atoms with Crippen LogP contribution in [-0.4, -0.2) is 31.6 Å². The Balaban J connectivity index is 1.90. The molecule has 5 heteroatoms. The molecule has 2 aromatic rings. The van der Waals surface area contributed by atoms with Crippen molar-refractivity contribution in [3.63, 3.8) is 0 Å². The second-order valence-corrected chi connectivity index (χ2v) is 6.16. The van der Waals surface area contributed by atoms with E-state index in [1.165, 1.54) is 0 Å². The number of nitrogens with zero attached hydrogens (tertiary/aromatic N) is 1. The number of ether oxygens (including phenoxy) is 2. The van der Waals surface area contributed by atoms with Crippen molar-refractivity contribution in [3.8, 4) is 11.5 Å². The maximum Gasteiger partial charge on any atom is 0.254 e. The number of rotatable bonds is 4. The number of carbonyl (C=O) groups is 1. The predicted molar refractivity (Wildman–Crippen MR) is 94.0 cm³/mol. The second-order valence-electron chi connectivity index (χ2n) is 5.75. The summed E-state index contributed by atoms with van der Waals surface area (Å²) in [5.41, 5.74) is 1.59. The predicted octanol–water partition coefficient (Wildman–Crippen LogP) is 4.33. The van der Waals surface area contributed by atoms with Crippen LogP contribution >= 0.6 is 11.6 Å². The zero-order chi connectivity index (χ0) is 17.1. The summed E-state index contributed by atoms with van der Waals surface area (Å²) in [6, 6.07) is 13.0. The van der Waals surface area contributed by atoms with Crippen LogP contribution in [-0.2, 0) is 0 Å². The van der Waals surface area contributed by atoms with Crippen molar-refractivity contribution in [2.24, 2.45) is 0 Å². The summed E-state index contributed by atoms with van der Waals surface area (Å²) in [5.74, 6) is 1.15. The number of hydrogen-bond acceptors (Lipinski definition) is 3. The Morgan fingerprint density at radius 2 is 1.88 bits per heavy atom. The van der Waals surface area contributed by atoms with Crippen LogP contribution in [0, 0.1) is 0 Å². The number of carbonyl (C=O) groups excluding carboxylic acids is 1. The molecule has 24 heavy (non-hydrogen) atoms. The molecule has 1 aliphatic rings. The highest BCUT2D eigenvalue weighted by atomic mass is 35.5. The molecule has 4 nitrogen and oxygen atoms in total. The van der Waals surface area contributed by atoms with Crippen LogP contribution in [0.3, 0.4) is 0 Å². The van der Waals surface area contributed by atoms with Gasteiger partial charge in [-0.15, -0.1) is 0 Å². The number of benzene rings is 2. The Hall–Kier alpha value is -2.20. The van der Waals surface area contributed by atoms with Crippen LogP contribution in [0.25, 0.3) is 0 Å². The van der Waals surface area contributed by atoms with Gasteiger partial charge in [-0.1, -0.05) is 29.8 Å². The van der Waals surface area contributed by atoms with E-state index in [1.54, 1.807) is 32.4 Å². The minimum Gasteiger partial charge on any atom is -0.493 e. The molecule has 1 heterocycles. The van der Waals surface area contributed by atoms with Crippen molar-refractivity contribution in [1.82, 2.24) is 4.90 Å². The zero-order valence-corrected chi connectivity index (χ0v) is 14.5. The quantitative estimate of drug-likeness (QED) is 0.827. The standard InChI is InChI=1S/C19H20ClNO3/c1-23-17-10-9-13(12-18(17)24-2)19(22)21-11-5-8-16(21)14-6-3-4-7-15(14)20/h3-4,6-7,9-10,12,16H,5,8,11H2,1-2H3/t16-/m1/s1. The van der Waals surface area contributed by atoms with Gasteiger partial charge in [-0.2, -0.15) is 0 Å². The molecule has 126 valence electrons. The van der Waals surface area contributed by atoms with E-state index in [-0.39, 0.29) is 11.9 Å². The summed E-state index contributed by atoms with van der Waals surface area (Å²) in [6.45, 7) is 0.725. The molecule has 1 fully saturated rings. The molecule has 1 saturated heterocycles. The largest absolute Gasteiger partial charge is 0.493 e. The highest BCUT2D eigenvalue weighted by Gasteiger charge is 2.32. The van der Waals surface area contributed by atoms with E-state index in [1.807, 2.05) is 29.2 Å². The monoisotopic (exact) mass is 345 g/mol. The third kappa shape index (κ3) is 3.06. The van der Waals surface area contributed by atoms with E-state index in [0.717, 1.165) is 24.9 Å². The lowest BCUT2D eigenvalue weighted by Gasteiger charge is -2.26. The van der Waals surface area contributed by atoms with E-state index in [4.69, 9.17) is 21.1 Å². The van der Waals surface area contributed by atoms with Crippen molar-refractivity contribution >= 4 is 17.5 Å². The van der Waals surface area contributed by atoms with Crippen LogP contribution in [0.5, 0.6) is 11.5 Å². The fourth-order valence-electron chi connectivity index (χ4n) is 3.21. The minimum absolute atomic E-state index is 0.0132. The normalized spacial score (nSPS) is 17.0. The SMILES string of the molecule is COc1ccc(C(=O)N2CCC[C@@H]2c2ccccc2Cl)cc1OC. The van der Waals surface area contributed by atoms with Crippen LogP contribution in [0.1, 0.15) is 34.8 Å². The summed E-state index contributed by atoms with van der Waals surface area (Å²) in [4.78, 5) is 14.9. The zero-order valence-electron chi connectivity index (χ0n) is 13.8. The smallest absolute Gasteiger partial charge is 0.254 e. The lowest BCUT2D eigenvalue weighted by molar-refractivity contribution is 0.0735. The van der Waals surface area contributed by atoms with Crippen LogP contribution in [0.4, 0.5) is 0 Å². The third-order valence-electron chi connectivity index (χ3n) is 4.41. The molecule has 0 aliphatic carbocycles. The first-order valence-corrected chi connectivity index (χ1v) is 8.31. The third-order valence-corrected chi connectivity index (χ3v) is 4.75. The number of likely N-dealkylation sites (tertiary alicyclic amines) is 1. The van der Waals surface area contributed by atoms with Crippen LogP contribution < -0.4 is 9.47 Å². The second kappa shape index (κ2) is 7.14.